The number of aromatic nitrogens is 1. The van der Waals surface area contributed by atoms with E-state index < -0.39 is 18.5 Å². The van der Waals surface area contributed by atoms with E-state index in [-0.39, 0.29) is 0 Å². The van der Waals surface area contributed by atoms with Crippen molar-refractivity contribution in [3.63, 3.8) is 0 Å². The summed E-state index contributed by atoms with van der Waals surface area (Å²) in [4.78, 5) is 5.64. The van der Waals surface area contributed by atoms with Crippen molar-refractivity contribution < 1.29 is 17.8 Å². The first kappa shape index (κ1) is 31.1. The number of nitrogens with one attached hydrogen (secondary N) is 1. The predicted molar refractivity (Wildman–Crippen MR) is 167 cm³/mol. The van der Waals surface area contributed by atoms with E-state index in [0.717, 1.165) is 22.5 Å². The maximum absolute atomic E-state index is 14.5. The summed E-state index contributed by atoms with van der Waals surface area (Å²) in [6.45, 7) is 5.25. The highest BCUT2D eigenvalue weighted by molar-refractivity contribution is 6.73. The van der Waals surface area contributed by atoms with Crippen LogP contribution in [0.2, 0.25) is 0 Å². The minimum absolute atomic E-state index is 0.316. The first-order chi connectivity index (χ1) is 18.9. The van der Waals surface area contributed by atoms with E-state index in [4.69, 9.17) is 0 Å². The molecule has 216 valence electrons. The van der Waals surface area contributed by atoms with Crippen LogP contribution in [0.25, 0.3) is 10.9 Å². The smallest absolute Gasteiger partial charge is 0.444 e. The number of halogens is 3. The molecule has 0 bridgehead atoms. The van der Waals surface area contributed by atoms with Crippen molar-refractivity contribution in [1.29, 1.82) is 0 Å². The second-order valence-electron chi connectivity index (χ2n) is 10.7. The summed E-state index contributed by atoms with van der Waals surface area (Å²) < 4.78 is 44.8. The molecule has 0 aliphatic carbocycles. The average Bonchev–Trinajstić information content (AvgIpc) is 3.23. The number of benzene rings is 3. The van der Waals surface area contributed by atoms with Crippen molar-refractivity contribution >= 4 is 34.8 Å². The monoisotopic (exact) mass is 552 g/mol. The Labute approximate surface area is 238 Å². The molecule has 0 atom stereocenters. The molecule has 0 fully saturated rings. The normalized spacial score (nSPS) is 11.6. The van der Waals surface area contributed by atoms with Crippen LogP contribution < -0.4 is 20.3 Å². The van der Waals surface area contributed by atoms with Gasteiger partial charge in [-0.25, -0.2) is 0 Å². The van der Waals surface area contributed by atoms with Crippen molar-refractivity contribution in [3.05, 3.63) is 89.5 Å². The lowest BCUT2D eigenvalue weighted by Crippen LogP contribution is -3.11. The standard InChI is InChI=1S/C26H28BF3N3.C6H15N/c1-31(2)20-14-10-18(11-15-20)24(19-12-16-21(17-13-19)32(3)4)25-22-8-6-7-9-23(22)33(5)26(25)27(28,29)30;1-4-7(5-2)6-3/h6-17,24H,1-5H3;4-6H2,1-3H3/q-1;/p+1. The van der Waals surface area contributed by atoms with Crippen LogP contribution in [0, 0.1) is 0 Å². The van der Waals surface area contributed by atoms with Gasteiger partial charge in [-0.2, -0.15) is 0 Å². The fourth-order valence-corrected chi connectivity index (χ4v) is 5.35. The Morgan fingerprint density at radius 3 is 1.48 bits per heavy atom. The predicted octanol–water partition coefficient (Wildman–Crippen LogP) is 5.48. The summed E-state index contributed by atoms with van der Waals surface area (Å²) in [5, 5.41) is 0.632. The zero-order chi connectivity index (χ0) is 29.6. The van der Waals surface area contributed by atoms with Crippen LogP contribution in [0.5, 0.6) is 0 Å². The summed E-state index contributed by atoms with van der Waals surface area (Å²) >= 11 is 0. The van der Waals surface area contributed by atoms with E-state index in [1.54, 1.807) is 29.2 Å². The van der Waals surface area contributed by atoms with Gasteiger partial charge in [-0.05, 0) is 73.4 Å². The second-order valence-corrected chi connectivity index (χ2v) is 10.7. The summed E-state index contributed by atoms with van der Waals surface area (Å²) in [5.41, 5.74) is 4.01. The molecule has 3 aromatic carbocycles. The molecular weight excluding hydrogens is 508 g/mol. The quantitative estimate of drug-likeness (QED) is 0.277. The maximum Gasteiger partial charge on any atom is 0.525 e. The van der Waals surface area contributed by atoms with Gasteiger partial charge in [0, 0.05) is 63.4 Å². The van der Waals surface area contributed by atoms with Gasteiger partial charge in [-0.15, -0.1) is 0 Å². The topological polar surface area (TPSA) is 15.9 Å². The highest BCUT2D eigenvalue weighted by atomic mass is 19.4. The largest absolute Gasteiger partial charge is 0.525 e. The molecule has 4 rings (SSSR count). The Morgan fingerprint density at radius 1 is 0.700 bits per heavy atom. The number of hydrogen-bond donors (Lipinski definition) is 1. The number of hydrogen-bond acceptors (Lipinski definition) is 2. The molecule has 0 saturated heterocycles. The van der Waals surface area contributed by atoms with Crippen molar-refractivity contribution in [2.24, 2.45) is 7.05 Å². The molecule has 4 nitrogen and oxygen atoms in total. The highest BCUT2D eigenvalue weighted by Gasteiger charge is 2.36. The van der Waals surface area contributed by atoms with E-state index in [1.165, 1.54) is 31.2 Å². The van der Waals surface area contributed by atoms with E-state index in [1.807, 2.05) is 86.5 Å². The number of quaternary nitrogens is 1. The number of anilines is 2. The molecule has 1 aromatic heterocycles. The summed E-state index contributed by atoms with van der Waals surface area (Å²) in [5.74, 6) is -0.554. The zero-order valence-corrected chi connectivity index (χ0v) is 25.2. The maximum atomic E-state index is 14.5. The Bertz CT molecular complexity index is 1300. The molecule has 0 aliphatic heterocycles. The van der Waals surface area contributed by atoms with Crippen LogP contribution in [-0.4, -0.2) is 59.4 Å². The third-order valence-corrected chi connectivity index (χ3v) is 7.78. The van der Waals surface area contributed by atoms with Crippen LogP contribution >= 0.6 is 0 Å². The number of fused-ring (bicyclic) bond motifs is 1. The summed E-state index contributed by atoms with van der Waals surface area (Å²) in [7, 11) is 9.30. The van der Waals surface area contributed by atoms with Gasteiger partial charge >= 0.3 is 6.98 Å². The SMILES string of the molecule is CC[NH+](CC)CC.CN(C)c1ccc(C(c2ccc(N(C)C)cc2)c2c([B-](F)(F)F)n(C)c3ccccc23)cc1. The molecule has 0 unspecified atom stereocenters. The lowest BCUT2D eigenvalue weighted by molar-refractivity contribution is -0.894. The van der Waals surface area contributed by atoms with E-state index in [0.29, 0.717) is 16.5 Å². The average molecular weight is 553 g/mol. The third-order valence-electron chi connectivity index (χ3n) is 7.78. The molecular formula is C32H44BF3N4. The van der Waals surface area contributed by atoms with Gasteiger partial charge in [-0.3, -0.25) is 0 Å². The third kappa shape index (κ3) is 6.84. The van der Waals surface area contributed by atoms with Crippen LogP contribution in [0.3, 0.4) is 0 Å². The van der Waals surface area contributed by atoms with Crippen molar-refractivity contribution in [2.45, 2.75) is 26.7 Å². The number of aryl methyl sites for hydroxylation is 1. The zero-order valence-electron chi connectivity index (χ0n) is 25.2. The van der Waals surface area contributed by atoms with Crippen LogP contribution in [0.15, 0.2) is 72.8 Å². The Hall–Kier alpha value is -3.39. The molecule has 0 amide bonds. The van der Waals surface area contributed by atoms with E-state index in [2.05, 4.69) is 20.8 Å². The van der Waals surface area contributed by atoms with Crippen molar-refractivity contribution in [1.82, 2.24) is 4.57 Å². The number of rotatable bonds is 9. The molecule has 40 heavy (non-hydrogen) atoms. The molecule has 0 aliphatic rings. The molecule has 1 heterocycles. The van der Waals surface area contributed by atoms with Gasteiger partial charge in [-0.1, -0.05) is 42.5 Å². The number of nitrogens with zero attached hydrogens (tertiary/aromatic N) is 3. The minimum atomic E-state index is -5.24. The first-order valence-corrected chi connectivity index (χ1v) is 14.1. The lowest BCUT2D eigenvalue weighted by Gasteiger charge is -2.26. The second kappa shape index (κ2) is 13.3. The molecule has 0 saturated carbocycles. The molecule has 0 spiro atoms. The van der Waals surface area contributed by atoms with Crippen LogP contribution in [0.4, 0.5) is 24.3 Å². The van der Waals surface area contributed by atoms with E-state index >= 15 is 0 Å². The van der Waals surface area contributed by atoms with Gasteiger partial charge in [0.1, 0.15) is 0 Å². The number of para-hydroxylation sites is 1. The minimum Gasteiger partial charge on any atom is -0.444 e. The molecule has 0 radical (unpaired) electrons. The fraction of sp³-hybridized carbons (Fsp3) is 0.375. The van der Waals surface area contributed by atoms with Crippen LogP contribution in [-0.2, 0) is 7.05 Å². The lowest BCUT2D eigenvalue weighted by atomic mass is 9.74. The Morgan fingerprint density at radius 2 is 1.12 bits per heavy atom. The highest BCUT2D eigenvalue weighted by Crippen LogP contribution is 2.38. The summed E-state index contributed by atoms with van der Waals surface area (Å²) in [6.07, 6.45) is 0. The first-order valence-electron chi connectivity index (χ1n) is 14.1. The van der Waals surface area contributed by atoms with Gasteiger partial charge in [0.05, 0.1) is 19.6 Å². The van der Waals surface area contributed by atoms with Gasteiger partial charge in [0.2, 0.25) is 0 Å². The fourth-order valence-electron chi connectivity index (χ4n) is 5.35. The Balaban J connectivity index is 0.000000559. The van der Waals surface area contributed by atoms with Crippen molar-refractivity contribution in [2.75, 3.05) is 57.6 Å². The molecule has 8 heteroatoms. The Kier molecular flexibility index (Phi) is 10.4. The van der Waals surface area contributed by atoms with Gasteiger partial charge < -0.3 is 32.2 Å². The molecule has 1 N–H and O–H groups in total. The van der Waals surface area contributed by atoms with Crippen molar-refractivity contribution in [3.8, 4) is 0 Å². The van der Waals surface area contributed by atoms with Gasteiger partial charge in [0.25, 0.3) is 0 Å². The summed E-state index contributed by atoms with van der Waals surface area (Å²) in [6, 6.07) is 22.7. The van der Waals surface area contributed by atoms with Crippen LogP contribution in [0.1, 0.15) is 43.4 Å². The van der Waals surface area contributed by atoms with E-state index in [9.17, 15) is 12.9 Å². The van der Waals surface area contributed by atoms with Gasteiger partial charge in [0.15, 0.2) is 0 Å². The molecule has 4 aromatic rings.